The van der Waals surface area contributed by atoms with Crippen molar-refractivity contribution in [2.75, 3.05) is 33.3 Å². The van der Waals surface area contributed by atoms with Crippen LogP contribution in [0.5, 0.6) is 5.75 Å². The Hall–Kier alpha value is -3.68. The SMILES string of the molecule is COc1ccc(-c2cc(C(=O)N3CCN(C(=O)c4ccc(F)cc4)CC3)[nH]n2)cc1. The van der Waals surface area contributed by atoms with E-state index in [0.717, 1.165) is 11.3 Å². The van der Waals surface area contributed by atoms with Crippen LogP contribution >= 0.6 is 0 Å². The first-order valence-electron chi connectivity index (χ1n) is 9.59. The Labute approximate surface area is 173 Å². The Balaban J connectivity index is 1.38. The number of benzene rings is 2. The smallest absolute Gasteiger partial charge is 0.272 e. The number of carbonyl (C=O) groups excluding carboxylic acids is 2. The number of nitrogens with one attached hydrogen (secondary N) is 1. The number of hydrogen-bond donors (Lipinski definition) is 1. The van der Waals surface area contributed by atoms with Crippen LogP contribution in [0.2, 0.25) is 0 Å². The number of amides is 2. The molecule has 154 valence electrons. The number of ether oxygens (including phenoxy) is 1. The van der Waals surface area contributed by atoms with E-state index in [1.807, 2.05) is 24.3 Å². The highest BCUT2D eigenvalue weighted by molar-refractivity contribution is 5.95. The van der Waals surface area contributed by atoms with Crippen LogP contribution in [0.25, 0.3) is 11.3 Å². The molecule has 0 bridgehead atoms. The number of nitrogens with zero attached hydrogens (tertiary/aromatic N) is 3. The van der Waals surface area contributed by atoms with Gasteiger partial charge in [0.15, 0.2) is 0 Å². The van der Waals surface area contributed by atoms with E-state index in [-0.39, 0.29) is 17.6 Å². The topological polar surface area (TPSA) is 78.5 Å². The summed E-state index contributed by atoms with van der Waals surface area (Å²) < 4.78 is 18.2. The third kappa shape index (κ3) is 4.03. The van der Waals surface area contributed by atoms with E-state index >= 15 is 0 Å². The Bertz CT molecular complexity index is 1040. The van der Waals surface area contributed by atoms with E-state index in [0.29, 0.717) is 43.1 Å². The molecule has 0 aliphatic carbocycles. The van der Waals surface area contributed by atoms with Gasteiger partial charge in [-0.05, 0) is 54.6 Å². The lowest BCUT2D eigenvalue weighted by Crippen LogP contribution is -2.50. The number of aromatic amines is 1. The second-order valence-electron chi connectivity index (χ2n) is 6.99. The van der Waals surface area contributed by atoms with Gasteiger partial charge in [-0.1, -0.05) is 0 Å². The summed E-state index contributed by atoms with van der Waals surface area (Å²) in [5, 5.41) is 7.05. The summed E-state index contributed by atoms with van der Waals surface area (Å²) in [6, 6.07) is 14.6. The van der Waals surface area contributed by atoms with Crippen LogP contribution in [0, 0.1) is 5.82 Å². The van der Waals surface area contributed by atoms with E-state index in [1.54, 1.807) is 23.0 Å². The molecule has 2 amide bonds. The predicted octanol–water partition coefficient (Wildman–Crippen LogP) is 2.82. The largest absolute Gasteiger partial charge is 0.497 e. The fourth-order valence-corrected chi connectivity index (χ4v) is 3.40. The third-order valence-corrected chi connectivity index (χ3v) is 5.14. The quantitative estimate of drug-likeness (QED) is 0.720. The molecule has 0 unspecified atom stereocenters. The minimum absolute atomic E-state index is 0.156. The highest BCUT2D eigenvalue weighted by Gasteiger charge is 2.26. The van der Waals surface area contributed by atoms with Gasteiger partial charge in [0.05, 0.1) is 12.8 Å². The molecule has 1 aliphatic rings. The molecule has 1 fully saturated rings. The maximum absolute atomic E-state index is 13.1. The van der Waals surface area contributed by atoms with E-state index < -0.39 is 0 Å². The van der Waals surface area contributed by atoms with Gasteiger partial charge in [0, 0.05) is 37.3 Å². The van der Waals surface area contributed by atoms with Crippen LogP contribution in [0.3, 0.4) is 0 Å². The second kappa shape index (κ2) is 8.36. The van der Waals surface area contributed by atoms with E-state index in [4.69, 9.17) is 4.74 Å². The molecule has 30 heavy (non-hydrogen) atoms. The first-order chi connectivity index (χ1) is 14.5. The summed E-state index contributed by atoms with van der Waals surface area (Å²) in [5.41, 5.74) is 2.39. The lowest BCUT2D eigenvalue weighted by Gasteiger charge is -2.34. The van der Waals surface area contributed by atoms with Gasteiger partial charge in [-0.2, -0.15) is 5.10 Å². The molecule has 8 heteroatoms. The molecule has 1 saturated heterocycles. The number of rotatable bonds is 4. The van der Waals surface area contributed by atoms with Crippen molar-refractivity contribution >= 4 is 11.8 Å². The first-order valence-corrected chi connectivity index (χ1v) is 9.59. The van der Waals surface area contributed by atoms with Crippen molar-refractivity contribution in [2.24, 2.45) is 0 Å². The second-order valence-corrected chi connectivity index (χ2v) is 6.99. The molecule has 7 nitrogen and oxygen atoms in total. The lowest BCUT2D eigenvalue weighted by molar-refractivity contribution is 0.0532. The Morgan fingerprint density at radius 3 is 2.13 bits per heavy atom. The number of aromatic nitrogens is 2. The van der Waals surface area contributed by atoms with Gasteiger partial charge < -0.3 is 14.5 Å². The Morgan fingerprint density at radius 2 is 1.53 bits per heavy atom. The first kappa shape index (κ1) is 19.6. The van der Waals surface area contributed by atoms with E-state index in [9.17, 15) is 14.0 Å². The normalized spacial score (nSPS) is 13.9. The summed E-state index contributed by atoms with van der Waals surface area (Å²) in [5.74, 6) is 0.0516. The van der Waals surface area contributed by atoms with E-state index in [1.165, 1.54) is 24.3 Å². The highest BCUT2D eigenvalue weighted by Crippen LogP contribution is 2.22. The zero-order valence-electron chi connectivity index (χ0n) is 16.5. The molecule has 4 rings (SSSR count). The Kier molecular flexibility index (Phi) is 5.47. The van der Waals surface area contributed by atoms with Crippen molar-refractivity contribution < 1.29 is 18.7 Å². The van der Waals surface area contributed by atoms with Gasteiger partial charge in [-0.15, -0.1) is 0 Å². The molecule has 1 aromatic heterocycles. The lowest BCUT2D eigenvalue weighted by atomic mass is 10.1. The summed E-state index contributed by atoms with van der Waals surface area (Å²) >= 11 is 0. The molecule has 1 aliphatic heterocycles. The van der Waals surface area contributed by atoms with Crippen LogP contribution in [0.15, 0.2) is 54.6 Å². The minimum Gasteiger partial charge on any atom is -0.497 e. The van der Waals surface area contributed by atoms with Crippen molar-refractivity contribution in [1.82, 2.24) is 20.0 Å². The fourth-order valence-electron chi connectivity index (χ4n) is 3.40. The van der Waals surface area contributed by atoms with Crippen LogP contribution in [0.1, 0.15) is 20.8 Å². The van der Waals surface area contributed by atoms with Crippen LogP contribution in [-0.2, 0) is 0 Å². The standard InChI is InChI=1S/C22H21FN4O3/c1-30-18-8-4-15(5-9-18)19-14-20(25-24-19)22(29)27-12-10-26(11-13-27)21(28)16-2-6-17(23)7-3-16/h2-9,14H,10-13H2,1H3,(H,24,25). The van der Waals surface area contributed by atoms with Gasteiger partial charge in [0.25, 0.3) is 11.8 Å². The molecule has 0 spiro atoms. The number of hydrogen-bond acceptors (Lipinski definition) is 4. The zero-order chi connectivity index (χ0) is 21.1. The van der Waals surface area contributed by atoms with Crippen LogP contribution < -0.4 is 4.74 Å². The number of carbonyl (C=O) groups is 2. The van der Waals surface area contributed by atoms with Gasteiger partial charge in [0.1, 0.15) is 17.3 Å². The minimum atomic E-state index is -0.379. The van der Waals surface area contributed by atoms with Crippen LogP contribution in [-0.4, -0.2) is 65.1 Å². The predicted molar refractivity (Wildman–Crippen MR) is 109 cm³/mol. The number of H-pyrrole nitrogens is 1. The molecule has 0 saturated carbocycles. The zero-order valence-corrected chi connectivity index (χ0v) is 16.5. The fraction of sp³-hybridized carbons (Fsp3) is 0.227. The molecule has 0 radical (unpaired) electrons. The van der Waals surface area contributed by atoms with E-state index in [2.05, 4.69) is 10.2 Å². The maximum atomic E-state index is 13.1. The molecule has 0 atom stereocenters. The molecular formula is C22H21FN4O3. The number of methoxy groups -OCH3 is 1. The van der Waals surface area contributed by atoms with Gasteiger partial charge in [-0.3, -0.25) is 14.7 Å². The summed E-state index contributed by atoms with van der Waals surface area (Å²) in [6.45, 7) is 1.67. The van der Waals surface area contributed by atoms with Gasteiger partial charge in [-0.25, -0.2) is 4.39 Å². The van der Waals surface area contributed by atoms with Crippen molar-refractivity contribution in [3.05, 3.63) is 71.7 Å². The molecular weight excluding hydrogens is 387 g/mol. The summed E-state index contributed by atoms with van der Waals surface area (Å²) in [6.07, 6.45) is 0. The molecule has 2 heterocycles. The number of halogens is 1. The van der Waals surface area contributed by atoms with Crippen LogP contribution in [0.4, 0.5) is 4.39 Å². The van der Waals surface area contributed by atoms with Crippen molar-refractivity contribution in [3.8, 4) is 17.0 Å². The molecule has 3 aromatic rings. The monoisotopic (exact) mass is 408 g/mol. The van der Waals surface area contributed by atoms with Crippen molar-refractivity contribution in [3.63, 3.8) is 0 Å². The number of piperazine rings is 1. The average molecular weight is 408 g/mol. The average Bonchev–Trinajstić information content (AvgIpc) is 3.29. The maximum Gasteiger partial charge on any atom is 0.272 e. The van der Waals surface area contributed by atoms with Crippen molar-refractivity contribution in [2.45, 2.75) is 0 Å². The van der Waals surface area contributed by atoms with Gasteiger partial charge in [0.2, 0.25) is 0 Å². The molecule has 1 N–H and O–H groups in total. The summed E-state index contributed by atoms with van der Waals surface area (Å²) in [7, 11) is 1.60. The highest BCUT2D eigenvalue weighted by atomic mass is 19.1. The van der Waals surface area contributed by atoms with Gasteiger partial charge >= 0.3 is 0 Å². The summed E-state index contributed by atoms with van der Waals surface area (Å²) in [4.78, 5) is 28.7. The Morgan fingerprint density at radius 1 is 0.933 bits per heavy atom. The third-order valence-electron chi connectivity index (χ3n) is 5.14. The molecule has 2 aromatic carbocycles. The van der Waals surface area contributed by atoms with Crippen molar-refractivity contribution in [1.29, 1.82) is 0 Å².